The van der Waals surface area contributed by atoms with Crippen LogP contribution in [0, 0.1) is 0 Å². The summed E-state index contributed by atoms with van der Waals surface area (Å²) in [5.41, 5.74) is 0. The largest absolute Gasteiger partial charge is 0.388 e. The minimum Gasteiger partial charge on any atom is -0.388 e. The second-order valence-corrected chi connectivity index (χ2v) is 8.33. The summed E-state index contributed by atoms with van der Waals surface area (Å²) >= 11 is 0. The average Bonchev–Trinajstić information content (AvgIpc) is 2.51. The molecule has 0 aliphatic rings. The maximum Gasteiger partial charge on any atom is 0.220 e. The Bertz CT molecular complexity index is 317. The summed E-state index contributed by atoms with van der Waals surface area (Å²) in [7, 11) is 4.21. The molecule has 0 aromatic heterocycles. The van der Waals surface area contributed by atoms with E-state index in [1.807, 2.05) is 6.92 Å². The summed E-state index contributed by atoms with van der Waals surface area (Å²) in [5.74, 6) is 0.174. The van der Waals surface area contributed by atoms with Crippen LogP contribution in [-0.2, 0) is 4.79 Å². The predicted octanol–water partition coefficient (Wildman–Crippen LogP) is 4.26. The number of hydrogen-bond donors (Lipinski definition) is 2. The van der Waals surface area contributed by atoms with Gasteiger partial charge in [0.25, 0.3) is 0 Å². The summed E-state index contributed by atoms with van der Waals surface area (Å²) in [6.45, 7) is 6.56. The van der Waals surface area contributed by atoms with Gasteiger partial charge >= 0.3 is 0 Å². The Kier molecular flexibility index (Phi) is 15.2. The molecule has 0 radical (unpaired) electrons. The van der Waals surface area contributed by atoms with E-state index in [1.165, 1.54) is 57.8 Å². The lowest BCUT2D eigenvalue weighted by atomic mass is 10.1. The van der Waals surface area contributed by atoms with Crippen molar-refractivity contribution in [2.24, 2.45) is 0 Å². The van der Waals surface area contributed by atoms with Crippen LogP contribution in [0.4, 0.5) is 0 Å². The Balaban J connectivity index is 3.39. The van der Waals surface area contributed by atoms with Gasteiger partial charge in [-0.15, -0.1) is 0 Å². The molecule has 25 heavy (non-hydrogen) atoms. The van der Waals surface area contributed by atoms with Gasteiger partial charge in [0.15, 0.2) is 0 Å². The lowest BCUT2D eigenvalue weighted by Gasteiger charge is -2.30. The molecule has 0 aromatic carbocycles. The van der Waals surface area contributed by atoms with E-state index in [-0.39, 0.29) is 12.0 Å². The number of quaternary nitrogens is 1. The van der Waals surface area contributed by atoms with E-state index in [0.717, 1.165) is 37.0 Å². The number of aliphatic hydroxyl groups excluding tert-OH is 1. The Morgan fingerprint density at radius 3 is 1.96 bits per heavy atom. The molecule has 4 nitrogen and oxygen atoms in total. The lowest BCUT2D eigenvalue weighted by Crippen LogP contribution is -2.45. The first-order chi connectivity index (χ1) is 11.9. The quantitative estimate of drug-likeness (QED) is 0.302. The van der Waals surface area contributed by atoms with Gasteiger partial charge in [0, 0.05) is 19.4 Å². The van der Waals surface area contributed by atoms with Gasteiger partial charge in [0.1, 0.15) is 12.6 Å². The smallest absolute Gasteiger partial charge is 0.220 e. The van der Waals surface area contributed by atoms with Crippen molar-refractivity contribution in [1.29, 1.82) is 0 Å². The highest BCUT2D eigenvalue weighted by atomic mass is 16.3. The number of aliphatic hydroxyl groups is 1. The van der Waals surface area contributed by atoms with Gasteiger partial charge < -0.3 is 14.9 Å². The molecule has 4 heteroatoms. The highest BCUT2D eigenvalue weighted by Gasteiger charge is 2.17. The van der Waals surface area contributed by atoms with Gasteiger partial charge in [-0.25, -0.2) is 0 Å². The topological polar surface area (TPSA) is 49.3 Å². The molecule has 0 saturated heterocycles. The first kappa shape index (κ1) is 24.4. The molecule has 0 aromatic rings. The van der Waals surface area contributed by atoms with E-state index >= 15 is 0 Å². The van der Waals surface area contributed by atoms with Crippen LogP contribution in [0.2, 0.25) is 0 Å². The van der Waals surface area contributed by atoms with E-state index in [0.29, 0.717) is 6.42 Å². The van der Waals surface area contributed by atoms with E-state index in [4.69, 9.17) is 0 Å². The van der Waals surface area contributed by atoms with E-state index in [9.17, 15) is 9.90 Å². The molecule has 0 spiro atoms. The molecular weight excluding hydrogens is 312 g/mol. The molecule has 150 valence electrons. The number of likely N-dealkylation sites (N-methyl/N-ethyl adjacent to an activating group) is 1. The van der Waals surface area contributed by atoms with Crippen LogP contribution in [0.3, 0.4) is 0 Å². The predicted molar refractivity (Wildman–Crippen MR) is 108 cm³/mol. The average molecular weight is 358 g/mol. The van der Waals surface area contributed by atoms with Crippen LogP contribution in [0.15, 0.2) is 0 Å². The van der Waals surface area contributed by atoms with Crippen molar-refractivity contribution in [3.63, 3.8) is 0 Å². The van der Waals surface area contributed by atoms with Crippen LogP contribution in [-0.4, -0.2) is 55.3 Å². The highest BCUT2D eigenvalue weighted by molar-refractivity contribution is 5.75. The number of hydrogen-bond acceptors (Lipinski definition) is 2. The van der Waals surface area contributed by atoms with Crippen molar-refractivity contribution in [2.45, 2.75) is 97.0 Å². The maximum absolute atomic E-state index is 11.8. The lowest BCUT2D eigenvalue weighted by molar-refractivity contribution is -0.893. The first-order valence-corrected chi connectivity index (χ1v) is 10.6. The number of nitrogens with zero attached hydrogens (tertiary/aromatic N) is 1. The Labute approximate surface area is 157 Å². The van der Waals surface area contributed by atoms with Crippen LogP contribution in [0.5, 0.6) is 0 Å². The molecule has 0 heterocycles. The Morgan fingerprint density at radius 2 is 1.44 bits per heavy atom. The fourth-order valence-corrected chi connectivity index (χ4v) is 3.40. The molecule has 0 fully saturated rings. The van der Waals surface area contributed by atoms with Gasteiger partial charge in [-0.05, 0) is 13.3 Å². The second-order valence-electron chi connectivity index (χ2n) is 8.33. The molecule has 1 amide bonds. The van der Waals surface area contributed by atoms with Crippen molar-refractivity contribution < 1.29 is 14.4 Å². The molecule has 0 bridgehead atoms. The van der Waals surface area contributed by atoms with Crippen molar-refractivity contribution >= 4 is 5.91 Å². The first-order valence-electron chi connectivity index (χ1n) is 10.6. The monoisotopic (exact) mass is 357 g/mol. The normalized spacial score (nSPS) is 13.0. The summed E-state index contributed by atoms with van der Waals surface area (Å²) in [4.78, 5) is 11.8. The molecule has 2 N–H and O–H groups in total. The Hall–Kier alpha value is -0.610. The minimum absolute atomic E-state index is 0.174. The minimum atomic E-state index is -0.292. The summed E-state index contributed by atoms with van der Waals surface area (Å²) in [6.07, 6.45) is 14.4. The third-order valence-corrected chi connectivity index (χ3v) is 4.78. The highest BCUT2D eigenvalue weighted by Crippen LogP contribution is 2.10. The number of nitrogens with one attached hydrogen (secondary N) is 1. The van der Waals surface area contributed by atoms with Crippen molar-refractivity contribution in [3.05, 3.63) is 0 Å². The number of carbonyl (C=O) groups is 1. The standard InChI is InChI=1S/C21H44N2O2/c1-5-6-7-8-9-10-11-12-13-14-17-22-21(25)16-15-18-23(3,4)19-20(2)24/h20,24H,5-19H2,1-4H3/p+1. The fraction of sp³-hybridized carbons (Fsp3) is 0.952. The third-order valence-electron chi connectivity index (χ3n) is 4.78. The van der Waals surface area contributed by atoms with Crippen LogP contribution in [0.25, 0.3) is 0 Å². The number of carbonyl (C=O) groups excluding carboxylic acids is 1. The van der Waals surface area contributed by atoms with Gasteiger partial charge in [0.2, 0.25) is 5.91 Å². The van der Waals surface area contributed by atoms with Crippen LogP contribution in [0.1, 0.15) is 90.9 Å². The zero-order valence-electron chi connectivity index (χ0n) is 17.5. The second kappa shape index (κ2) is 15.6. The van der Waals surface area contributed by atoms with Crippen molar-refractivity contribution in [1.82, 2.24) is 5.32 Å². The molecule has 0 aliphatic heterocycles. The van der Waals surface area contributed by atoms with Crippen molar-refractivity contribution in [3.8, 4) is 0 Å². The zero-order chi connectivity index (χ0) is 19.0. The van der Waals surface area contributed by atoms with Crippen molar-refractivity contribution in [2.75, 3.05) is 33.7 Å². The third kappa shape index (κ3) is 18.0. The maximum atomic E-state index is 11.8. The van der Waals surface area contributed by atoms with Crippen LogP contribution >= 0.6 is 0 Å². The van der Waals surface area contributed by atoms with Gasteiger partial charge in [-0.3, -0.25) is 4.79 Å². The molecule has 0 aliphatic carbocycles. The SMILES string of the molecule is CCCCCCCCCCCCNC(=O)CCC[N+](C)(C)CC(C)O. The van der Waals surface area contributed by atoms with E-state index in [2.05, 4.69) is 26.3 Å². The number of rotatable bonds is 17. The molecular formula is C21H45N2O2+. The fourth-order valence-electron chi connectivity index (χ4n) is 3.40. The molecule has 1 atom stereocenters. The molecule has 0 saturated carbocycles. The molecule has 1 unspecified atom stereocenters. The van der Waals surface area contributed by atoms with E-state index < -0.39 is 0 Å². The zero-order valence-corrected chi connectivity index (χ0v) is 17.5. The molecule has 0 rings (SSSR count). The Morgan fingerprint density at radius 1 is 0.920 bits per heavy atom. The summed E-state index contributed by atoms with van der Waals surface area (Å²) in [5, 5.41) is 12.5. The van der Waals surface area contributed by atoms with E-state index in [1.54, 1.807) is 0 Å². The summed E-state index contributed by atoms with van der Waals surface area (Å²) < 4.78 is 0.767. The van der Waals surface area contributed by atoms with Gasteiger partial charge in [-0.1, -0.05) is 64.7 Å². The summed E-state index contributed by atoms with van der Waals surface area (Å²) in [6, 6.07) is 0. The number of unbranched alkanes of at least 4 members (excludes halogenated alkanes) is 9. The van der Waals surface area contributed by atoms with Gasteiger partial charge in [0.05, 0.1) is 20.6 Å². The van der Waals surface area contributed by atoms with Gasteiger partial charge in [-0.2, -0.15) is 0 Å². The number of amides is 1. The van der Waals surface area contributed by atoms with Crippen LogP contribution < -0.4 is 5.32 Å².